The minimum atomic E-state index is -5.00. The average molecular weight is 477 g/mol. The molecule has 3 aromatic rings. The molecule has 5 rings (SSSR count). The molecule has 1 aromatic heterocycles. The molecule has 10 heteroatoms. The van der Waals surface area contributed by atoms with E-state index in [0.717, 1.165) is 29.7 Å². The Morgan fingerprint density at radius 2 is 1.88 bits per heavy atom. The molecule has 1 fully saturated rings. The first-order chi connectivity index (χ1) is 16.1. The average Bonchev–Trinajstić information content (AvgIpc) is 3.43. The van der Waals surface area contributed by atoms with Crippen molar-refractivity contribution in [3.63, 3.8) is 0 Å². The van der Waals surface area contributed by atoms with E-state index in [1.165, 1.54) is 24.3 Å². The summed E-state index contributed by atoms with van der Waals surface area (Å²) in [5, 5.41) is 14.2. The quantitative estimate of drug-likeness (QED) is 0.537. The van der Waals surface area contributed by atoms with Crippen molar-refractivity contribution < 1.29 is 22.0 Å². The minimum Gasteiger partial charge on any atom is -0.292 e. The Morgan fingerprint density at radius 1 is 1.12 bits per heavy atom. The van der Waals surface area contributed by atoms with Crippen LogP contribution in [0.5, 0.6) is 0 Å². The number of halogens is 5. The molecular formula is C24H24F5N5. The van der Waals surface area contributed by atoms with Crippen LogP contribution in [0, 0.1) is 5.82 Å². The van der Waals surface area contributed by atoms with Crippen molar-refractivity contribution >= 4 is 0 Å². The van der Waals surface area contributed by atoms with Gasteiger partial charge >= 0.3 is 6.18 Å². The number of aromatic amines is 1. The van der Waals surface area contributed by atoms with Gasteiger partial charge in [-0.1, -0.05) is 35.5 Å². The lowest BCUT2D eigenvalue weighted by Gasteiger charge is -2.44. The van der Waals surface area contributed by atoms with Crippen molar-refractivity contribution in [1.82, 2.24) is 25.5 Å². The molecule has 0 radical (unpaired) electrons. The summed E-state index contributed by atoms with van der Waals surface area (Å²) < 4.78 is 68.4. The summed E-state index contributed by atoms with van der Waals surface area (Å²) in [5.41, 5.74) is -1.59. The van der Waals surface area contributed by atoms with Crippen LogP contribution in [0.15, 0.2) is 42.5 Å². The molecule has 180 valence electrons. The van der Waals surface area contributed by atoms with Crippen molar-refractivity contribution in [3.05, 3.63) is 76.4 Å². The van der Waals surface area contributed by atoms with Crippen molar-refractivity contribution in [2.75, 3.05) is 6.54 Å². The SMILES string of the molecule is CC(F)(c1ccc2c(c1)CC[C@H]1N(Cc3nn[nH]n3)CC[C@@]21Cc1ccc(F)cc1)C(F)(F)F. The number of hydrogen-bond donors (Lipinski definition) is 1. The van der Waals surface area contributed by atoms with E-state index in [1.54, 1.807) is 18.2 Å². The Balaban J connectivity index is 1.56. The Labute approximate surface area is 193 Å². The number of rotatable bonds is 5. The van der Waals surface area contributed by atoms with Gasteiger partial charge in [-0.15, -0.1) is 10.2 Å². The molecule has 1 aliphatic heterocycles. The Bertz CT molecular complexity index is 1160. The molecule has 34 heavy (non-hydrogen) atoms. The number of fused-ring (bicyclic) bond motifs is 3. The first kappa shape index (κ1) is 22.9. The van der Waals surface area contributed by atoms with E-state index in [1.807, 2.05) is 0 Å². The molecule has 1 saturated heterocycles. The van der Waals surface area contributed by atoms with Gasteiger partial charge in [-0.05, 0) is 73.5 Å². The fourth-order valence-electron chi connectivity index (χ4n) is 5.71. The Kier molecular flexibility index (Phi) is 5.46. The molecular weight excluding hydrogens is 453 g/mol. The maximum atomic E-state index is 14.7. The number of aryl methyl sites for hydroxylation is 1. The smallest absolute Gasteiger partial charge is 0.292 e. The summed E-state index contributed by atoms with van der Waals surface area (Å²) in [4.78, 5) is 2.28. The zero-order valence-corrected chi connectivity index (χ0v) is 18.5. The lowest BCUT2D eigenvalue weighted by Crippen LogP contribution is -2.47. The maximum Gasteiger partial charge on any atom is 0.426 e. The number of H-pyrrole nitrogens is 1. The molecule has 1 unspecified atom stereocenters. The summed E-state index contributed by atoms with van der Waals surface area (Å²) in [6, 6.07) is 10.7. The molecule has 5 nitrogen and oxygen atoms in total. The van der Waals surface area contributed by atoms with E-state index in [4.69, 9.17) is 0 Å². The minimum absolute atomic E-state index is 0.0776. The Hall–Kier alpha value is -2.88. The first-order valence-electron chi connectivity index (χ1n) is 11.2. The highest BCUT2D eigenvalue weighted by atomic mass is 19.4. The van der Waals surface area contributed by atoms with E-state index in [9.17, 15) is 22.0 Å². The van der Waals surface area contributed by atoms with E-state index >= 15 is 0 Å². The number of nitrogens with zero attached hydrogens (tertiary/aromatic N) is 4. The van der Waals surface area contributed by atoms with Crippen LogP contribution in [0.1, 0.15) is 47.8 Å². The van der Waals surface area contributed by atoms with E-state index in [0.29, 0.717) is 38.6 Å². The van der Waals surface area contributed by atoms with Gasteiger partial charge in [0, 0.05) is 11.5 Å². The van der Waals surface area contributed by atoms with Crippen LogP contribution in [0.4, 0.5) is 22.0 Å². The van der Waals surface area contributed by atoms with E-state index < -0.39 is 17.3 Å². The van der Waals surface area contributed by atoms with Gasteiger partial charge in [0.05, 0.1) is 6.54 Å². The van der Waals surface area contributed by atoms with Crippen molar-refractivity contribution in [2.24, 2.45) is 0 Å². The van der Waals surface area contributed by atoms with Gasteiger partial charge in [0.25, 0.3) is 0 Å². The highest BCUT2D eigenvalue weighted by Crippen LogP contribution is 2.51. The van der Waals surface area contributed by atoms with Gasteiger partial charge in [-0.2, -0.15) is 18.4 Å². The lowest BCUT2D eigenvalue weighted by atomic mass is 9.63. The molecule has 1 aliphatic carbocycles. The molecule has 0 saturated carbocycles. The van der Waals surface area contributed by atoms with Crippen LogP contribution in [0.3, 0.4) is 0 Å². The number of hydrogen-bond acceptors (Lipinski definition) is 4. The second-order valence-electron chi connectivity index (χ2n) is 9.44. The van der Waals surface area contributed by atoms with E-state index in [2.05, 4.69) is 25.5 Å². The number of benzene rings is 2. The molecule has 2 aliphatic rings. The monoisotopic (exact) mass is 477 g/mol. The summed E-state index contributed by atoms with van der Waals surface area (Å²) in [6.45, 7) is 1.80. The highest BCUT2D eigenvalue weighted by molar-refractivity contribution is 5.46. The highest BCUT2D eigenvalue weighted by Gasteiger charge is 2.55. The third kappa shape index (κ3) is 3.77. The molecule has 1 N–H and O–H groups in total. The fraction of sp³-hybridized carbons (Fsp3) is 0.458. The van der Waals surface area contributed by atoms with Crippen molar-refractivity contribution in [1.29, 1.82) is 0 Å². The summed E-state index contributed by atoms with van der Waals surface area (Å²) >= 11 is 0. The normalized spacial score (nSPS) is 24.5. The van der Waals surface area contributed by atoms with Crippen LogP contribution in [0.25, 0.3) is 0 Å². The van der Waals surface area contributed by atoms with Crippen LogP contribution in [0.2, 0.25) is 0 Å². The van der Waals surface area contributed by atoms with Gasteiger partial charge in [-0.3, -0.25) is 4.90 Å². The van der Waals surface area contributed by atoms with Crippen molar-refractivity contribution in [3.8, 4) is 0 Å². The van der Waals surface area contributed by atoms with Crippen LogP contribution < -0.4 is 0 Å². The van der Waals surface area contributed by atoms with Crippen LogP contribution >= 0.6 is 0 Å². The zero-order valence-electron chi connectivity index (χ0n) is 18.5. The molecule has 2 heterocycles. The third-order valence-electron chi connectivity index (χ3n) is 7.49. The number of nitrogens with one attached hydrogen (secondary N) is 1. The second-order valence-corrected chi connectivity index (χ2v) is 9.44. The summed E-state index contributed by atoms with van der Waals surface area (Å²) in [6.07, 6.45) is -2.41. The first-order valence-corrected chi connectivity index (χ1v) is 11.2. The molecule has 0 amide bonds. The van der Waals surface area contributed by atoms with E-state index in [-0.39, 0.29) is 17.4 Å². The standard InChI is InChI=1S/C24H24F5N5/c1-22(26,24(27,28)29)17-5-8-19-16(12-17)4-9-20-23(19,13-15-2-6-18(25)7-3-15)10-11-34(20)14-21-30-32-33-31-21/h2-3,5-8,12,20H,4,9-11,13-14H2,1H3,(H,30,31,32,33)/t20-,22?,23-/m1/s1. The van der Waals surface area contributed by atoms with Gasteiger partial charge in [0.2, 0.25) is 5.67 Å². The van der Waals surface area contributed by atoms with Gasteiger partial charge in [-0.25, -0.2) is 8.78 Å². The predicted molar refractivity (Wildman–Crippen MR) is 114 cm³/mol. The predicted octanol–water partition coefficient (Wildman–Crippen LogP) is 4.79. The largest absolute Gasteiger partial charge is 0.426 e. The topological polar surface area (TPSA) is 57.7 Å². The number of aromatic nitrogens is 4. The second kappa shape index (κ2) is 8.11. The summed E-state index contributed by atoms with van der Waals surface area (Å²) in [7, 11) is 0. The fourth-order valence-corrected chi connectivity index (χ4v) is 5.71. The zero-order chi connectivity index (χ0) is 24.1. The van der Waals surface area contributed by atoms with Crippen LogP contribution in [-0.2, 0) is 30.5 Å². The number of tetrazole rings is 1. The van der Waals surface area contributed by atoms with Crippen LogP contribution in [-0.4, -0.2) is 44.3 Å². The Morgan fingerprint density at radius 3 is 2.56 bits per heavy atom. The third-order valence-corrected chi connectivity index (χ3v) is 7.49. The lowest BCUT2D eigenvalue weighted by molar-refractivity contribution is -0.228. The van der Waals surface area contributed by atoms with Gasteiger partial charge < -0.3 is 0 Å². The maximum absolute atomic E-state index is 14.7. The molecule has 2 aromatic carbocycles. The number of likely N-dealkylation sites (tertiary alicyclic amines) is 1. The van der Waals surface area contributed by atoms with Gasteiger partial charge in [0.1, 0.15) is 5.82 Å². The summed E-state index contributed by atoms with van der Waals surface area (Å²) in [5.74, 6) is 0.239. The molecule has 3 atom stereocenters. The molecule has 0 spiro atoms. The van der Waals surface area contributed by atoms with Crippen molar-refractivity contribution in [2.45, 2.75) is 62.5 Å². The number of alkyl halides is 4. The molecule has 0 bridgehead atoms. The van der Waals surface area contributed by atoms with Gasteiger partial charge in [0.15, 0.2) is 5.82 Å².